The van der Waals surface area contributed by atoms with Crippen molar-refractivity contribution in [2.45, 2.75) is 25.6 Å². The van der Waals surface area contributed by atoms with Gasteiger partial charge in [0.15, 0.2) is 5.82 Å². The van der Waals surface area contributed by atoms with Crippen LogP contribution in [0.5, 0.6) is 0 Å². The number of pyridine rings is 1. The molecule has 0 spiro atoms. The number of hydrogen-bond donors (Lipinski definition) is 0. The Hall–Kier alpha value is -0.870. The summed E-state index contributed by atoms with van der Waals surface area (Å²) in [5.74, 6) is 1.65. The van der Waals surface area contributed by atoms with E-state index in [1.165, 1.54) is 0 Å². The highest BCUT2D eigenvalue weighted by Gasteiger charge is 2.15. The Labute approximate surface area is 114 Å². The maximum absolute atomic E-state index is 5.92. The van der Waals surface area contributed by atoms with Gasteiger partial charge in [0.05, 0.1) is 17.8 Å². The molecule has 0 aliphatic rings. The van der Waals surface area contributed by atoms with Crippen molar-refractivity contribution >= 4 is 27.5 Å². The average molecular weight is 315 g/mol. The minimum atomic E-state index is 0.358. The minimum absolute atomic E-state index is 0.358. The Morgan fingerprint density at radius 1 is 1.35 bits per heavy atom. The molecule has 3 nitrogen and oxygen atoms in total. The van der Waals surface area contributed by atoms with Crippen molar-refractivity contribution < 1.29 is 0 Å². The molecule has 2 rings (SSSR count). The van der Waals surface area contributed by atoms with E-state index in [9.17, 15) is 0 Å². The van der Waals surface area contributed by atoms with Gasteiger partial charge in [-0.25, -0.2) is 9.67 Å². The number of alkyl halides is 1. The SMILES string of the molecule is CC(C)c1c(CCl)cnn1-c1ccc(Br)cn1. The van der Waals surface area contributed by atoms with Gasteiger partial charge in [-0.3, -0.25) is 0 Å². The quantitative estimate of drug-likeness (QED) is 0.805. The Bertz CT molecular complexity index is 505. The number of aromatic nitrogens is 3. The Balaban J connectivity index is 2.51. The van der Waals surface area contributed by atoms with Crippen LogP contribution in [-0.4, -0.2) is 14.8 Å². The molecule has 0 N–H and O–H groups in total. The summed E-state index contributed by atoms with van der Waals surface area (Å²) < 4.78 is 2.81. The first kappa shape index (κ1) is 12.6. The van der Waals surface area contributed by atoms with Crippen LogP contribution in [0.3, 0.4) is 0 Å². The highest BCUT2D eigenvalue weighted by Crippen LogP contribution is 2.23. The third kappa shape index (κ3) is 2.53. The first-order chi connectivity index (χ1) is 8.13. The predicted octanol–water partition coefficient (Wildman–Crippen LogP) is 3.89. The predicted molar refractivity (Wildman–Crippen MR) is 72.7 cm³/mol. The topological polar surface area (TPSA) is 30.7 Å². The van der Waals surface area contributed by atoms with Crippen LogP contribution in [-0.2, 0) is 5.88 Å². The molecule has 0 atom stereocenters. The normalized spacial score (nSPS) is 11.1. The van der Waals surface area contributed by atoms with Gasteiger partial charge in [-0.1, -0.05) is 13.8 Å². The monoisotopic (exact) mass is 313 g/mol. The van der Waals surface area contributed by atoms with E-state index in [2.05, 4.69) is 39.9 Å². The standard InChI is InChI=1S/C12H13BrClN3/c1-8(2)12-9(5-14)6-16-17(12)11-4-3-10(13)7-15-11/h3-4,6-8H,5H2,1-2H3. The molecule has 0 bridgehead atoms. The summed E-state index contributed by atoms with van der Waals surface area (Å²) in [6.45, 7) is 4.25. The third-order valence-electron chi connectivity index (χ3n) is 2.51. The summed E-state index contributed by atoms with van der Waals surface area (Å²) in [6, 6.07) is 3.88. The fraction of sp³-hybridized carbons (Fsp3) is 0.333. The van der Waals surface area contributed by atoms with Crippen molar-refractivity contribution in [3.8, 4) is 5.82 Å². The molecule has 2 aromatic rings. The summed E-state index contributed by atoms with van der Waals surface area (Å²) in [6.07, 6.45) is 3.58. The van der Waals surface area contributed by atoms with E-state index < -0.39 is 0 Å². The molecule has 0 aliphatic heterocycles. The van der Waals surface area contributed by atoms with Crippen LogP contribution in [0.2, 0.25) is 0 Å². The largest absolute Gasteiger partial charge is 0.236 e. The van der Waals surface area contributed by atoms with E-state index in [0.29, 0.717) is 11.8 Å². The summed E-state index contributed by atoms with van der Waals surface area (Å²) in [5.41, 5.74) is 2.18. The van der Waals surface area contributed by atoms with Gasteiger partial charge >= 0.3 is 0 Å². The van der Waals surface area contributed by atoms with Crippen LogP contribution in [0.4, 0.5) is 0 Å². The van der Waals surface area contributed by atoms with Gasteiger partial charge in [0.2, 0.25) is 0 Å². The maximum atomic E-state index is 5.92. The van der Waals surface area contributed by atoms with Crippen LogP contribution in [0, 0.1) is 0 Å². The average Bonchev–Trinajstić information content (AvgIpc) is 2.73. The lowest BCUT2D eigenvalue weighted by Gasteiger charge is -2.11. The van der Waals surface area contributed by atoms with Gasteiger partial charge < -0.3 is 0 Å². The fourth-order valence-electron chi connectivity index (χ4n) is 1.79. The Kier molecular flexibility index (Phi) is 3.84. The minimum Gasteiger partial charge on any atom is -0.236 e. The first-order valence-corrected chi connectivity index (χ1v) is 6.71. The molecule has 0 aromatic carbocycles. The third-order valence-corrected chi connectivity index (χ3v) is 3.26. The van der Waals surface area contributed by atoms with Gasteiger partial charge in [0.1, 0.15) is 0 Å². The molecule has 0 fully saturated rings. The molecule has 0 radical (unpaired) electrons. The van der Waals surface area contributed by atoms with Crippen molar-refractivity contribution in [3.05, 3.63) is 40.3 Å². The van der Waals surface area contributed by atoms with Crippen LogP contribution in [0.15, 0.2) is 29.0 Å². The van der Waals surface area contributed by atoms with Gasteiger partial charge in [-0.05, 0) is 34.0 Å². The lowest BCUT2D eigenvalue weighted by atomic mass is 10.1. The highest BCUT2D eigenvalue weighted by molar-refractivity contribution is 9.10. The van der Waals surface area contributed by atoms with Gasteiger partial charge in [-0.2, -0.15) is 5.10 Å². The Morgan fingerprint density at radius 2 is 2.12 bits per heavy atom. The summed E-state index contributed by atoms with van der Waals surface area (Å²) in [7, 11) is 0. The van der Waals surface area contributed by atoms with Gasteiger partial charge in [-0.15, -0.1) is 11.6 Å². The zero-order valence-electron chi connectivity index (χ0n) is 9.69. The second kappa shape index (κ2) is 5.19. The zero-order chi connectivity index (χ0) is 12.4. The molecule has 0 saturated heterocycles. The molecular weight excluding hydrogens is 302 g/mol. The van der Waals surface area contributed by atoms with Crippen LogP contribution >= 0.6 is 27.5 Å². The van der Waals surface area contributed by atoms with E-state index in [1.54, 1.807) is 6.20 Å². The molecule has 0 aliphatic carbocycles. The van der Waals surface area contributed by atoms with Crippen molar-refractivity contribution in [2.75, 3.05) is 0 Å². The lowest BCUT2D eigenvalue weighted by molar-refractivity contribution is 0.716. The molecule has 2 heterocycles. The first-order valence-electron chi connectivity index (χ1n) is 5.38. The molecule has 0 unspecified atom stereocenters. The molecule has 0 saturated carbocycles. The van der Waals surface area contributed by atoms with Crippen molar-refractivity contribution in [2.24, 2.45) is 0 Å². The second-order valence-electron chi connectivity index (χ2n) is 4.09. The number of rotatable bonds is 3. The van der Waals surface area contributed by atoms with Crippen molar-refractivity contribution in [3.63, 3.8) is 0 Å². The van der Waals surface area contributed by atoms with Crippen molar-refractivity contribution in [1.82, 2.24) is 14.8 Å². The molecule has 2 aromatic heterocycles. The molecule has 90 valence electrons. The lowest BCUT2D eigenvalue weighted by Crippen LogP contribution is -2.06. The number of halogens is 2. The summed E-state index contributed by atoms with van der Waals surface area (Å²) >= 11 is 9.29. The Morgan fingerprint density at radius 3 is 2.65 bits per heavy atom. The van der Waals surface area contributed by atoms with Crippen LogP contribution in [0.25, 0.3) is 5.82 Å². The molecule has 0 amide bonds. The molecular formula is C12H13BrClN3. The highest BCUT2D eigenvalue weighted by atomic mass is 79.9. The second-order valence-corrected chi connectivity index (χ2v) is 5.27. The zero-order valence-corrected chi connectivity index (χ0v) is 12.0. The van der Waals surface area contributed by atoms with E-state index >= 15 is 0 Å². The van der Waals surface area contributed by atoms with Gasteiger partial charge in [0, 0.05) is 16.2 Å². The van der Waals surface area contributed by atoms with Crippen LogP contribution in [0.1, 0.15) is 31.0 Å². The number of hydrogen-bond acceptors (Lipinski definition) is 2. The number of nitrogens with zero attached hydrogens (tertiary/aromatic N) is 3. The van der Waals surface area contributed by atoms with Crippen LogP contribution < -0.4 is 0 Å². The van der Waals surface area contributed by atoms with E-state index in [4.69, 9.17) is 11.6 Å². The van der Waals surface area contributed by atoms with E-state index in [0.717, 1.165) is 21.5 Å². The summed E-state index contributed by atoms with van der Waals surface area (Å²) in [4.78, 5) is 4.35. The van der Waals surface area contributed by atoms with Crippen molar-refractivity contribution in [1.29, 1.82) is 0 Å². The molecule has 5 heteroatoms. The van der Waals surface area contributed by atoms with E-state index in [-0.39, 0.29) is 0 Å². The fourth-order valence-corrected chi connectivity index (χ4v) is 2.23. The smallest absolute Gasteiger partial charge is 0.153 e. The summed E-state index contributed by atoms with van der Waals surface area (Å²) in [5, 5.41) is 4.36. The maximum Gasteiger partial charge on any atom is 0.153 e. The van der Waals surface area contributed by atoms with Gasteiger partial charge in [0.25, 0.3) is 0 Å². The van der Waals surface area contributed by atoms with E-state index in [1.807, 2.05) is 23.0 Å². The molecule has 17 heavy (non-hydrogen) atoms.